The number of aromatic nitrogens is 2. The van der Waals surface area contributed by atoms with Crippen molar-refractivity contribution in [2.75, 3.05) is 37.7 Å². The van der Waals surface area contributed by atoms with Crippen LogP contribution in [0.5, 0.6) is 0 Å². The highest BCUT2D eigenvalue weighted by Crippen LogP contribution is 2.21. The standard InChI is InChI=1S/C20H24N4O2/c1-15-4-6-16(7-5-15)17-8-9-19(22-21-17)23-10-12-24(13-11-23)20(25)18-3-2-14-26-18/h4-9,18H,2-3,10-14H2,1H3. The number of carbonyl (C=O) groups excluding carboxylic acids is 1. The van der Waals surface area contributed by atoms with E-state index in [1.807, 2.05) is 17.0 Å². The fourth-order valence-electron chi connectivity index (χ4n) is 3.50. The maximum atomic E-state index is 12.4. The van der Waals surface area contributed by atoms with E-state index in [1.165, 1.54) is 5.56 Å². The van der Waals surface area contributed by atoms with Gasteiger partial charge in [-0.1, -0.05) is 29.8 Å². The summed E-state index contributed by atoms with van der Waals surface area (Å²) in [6.07, 6.45) is 1.61. The molecule has 1 aromatic carbocycles. The van der Waals surface area contributed by atoms with Crippen LogP contribution in [-0.2, 0) is 9.53 Å². The van der Waals surface area contributed by atoms with E-state index in [-0.39, 0.29) is 12.0 Å². The monoisotopic (exact) mass is 352 g/mol. The molecule has 4 rings (SSSR count). The summed E-state index contributed by atoms with van der Waals surface area (Å²) in [5.41, 5.74) is 3.18. The lowest BCUT2D eigenvalue weighted by Crippen LogP contribution is -2.51. The quantitative estimate of drug-likeness (QED) is 0.848. The highest BCUT2D eigenvalue weighted by atomic mass is 16.5. The van der Waals surface area contributed by atoms with E-state index in [4.69, 9.17) is 4.74 Å². The van der Waals surface area contributed by atoms with Gasteiger partial charge in [-0.3, -0.25) is 4.79 Å². The Morgan fingerprint density at radius 2 is 1.81 bits per heavy atom. The van der Waals surface area contributed by atoms with E-state index < -0.39 is 0 Å². The van der Waals surface area contributed by atoms with Crippen LogP contribution in [0.15, 0.2) is 36.4 Å². The highest BCUT2D eigenvalue weighted by Gasteiger charge is 2.30. The summed E-state index contributed by atoms with van der Waals surface area (Å²) in [7, 11) is 0. The summed E-state index contributed by atoms with van der Waals surface area (Å²) in [6.45, 7) is 5.75. The van der Waals surface area contributed by atoms with E-state index in [1.54, 1.807) is 0 Å². The van der Waals surface area contributed by atoms with Crippen molar-refractivity contribution >= 4 is 11.7 Å². The SMILES string of the molecule is Cc1ccc(-c2ccc(N3CCN(C(=O)C4CCCO4)CC3)nn2)cc1. The second-order valence-corrected chi connectivity index (χ2v) is 6.96. The van der Waals surface area contributed by atoms with Crippen molar-refractivity contribution in [2.45, 2.75) is 25.9 Å². The van der Waals surface area contributed by atoms with Crippen molar-refractivity contribution in [3.05, 3.63) is 42.0 Å². The van der Waals surface area contributed by atoms with E-state index in [0.29, 0.717) is 19.7 Å². The summed E-state index contributed by atoms with van der Waals surface area (Å²) < 4.78 is 5.51. The summed E-state index contributed by atoms with van der Waals surface area (Å²) in [5.74, 6) is 1.01. The molecule has 2 aromatic rings. The Morgan fingerprint density at radius 1 is 1.04 bits per heavy atom. The molecule has 3 heterocycles. The van der Waals surface area contributed by atoms with Crippen LogP contribution in [0.1, 0.15) is 18.4 Å². The molecule has 2 aliphatic rings. The Morgan fingerprint density at radius 3 is 2.42 bits per heavy atom. The molecule has 2 saturated heterocycles. The van der Waals surface area contributed by atoms with E-state index in [0.717, 1.165) is 43.0 Å². The number of hydrogen-bond donors (Lipinski definition) is 0. The van der Waals surface area contributed by atoms with Gasteiger partial charge in [0.15, 0.2) is 5.82 Å². The molecule has 6 heteroatoms. The number of aryl methyl sites for hydroxylation is 1. The third-order valence-corrected chi connectivity index (χ3v) is 5.12. The van der Waals surface area contributed by atoms with Crippen molar-refractivity contribution in [1.82, 2.24) is 15.1 Å². The average Bonchev–Trinajstić information content (AvgIpc) is 3.23. The fourth-order valence-corrected chi connectivity index (χ4v) is 3.50. The first-order valence-corrected chi connectivity index (χ1v) is 9.27. The molecule has 1 unspecified atom stereocenters. The number of amides is 1. The maximum absolute atomic E-state index is 12.4. The van der Waals surface area contributed by atoms with Crippen LogP contribution < -0.4 is 4.90 Å². The van der Waals surface area contributed by atoms with Crippen LogP contribution in [0, 0.1) is 6.92 Å². The largest absolute Gasteiger partial charge is 0.368 e. The molecule has 0 bridgehead atoms. The normalized spacial score (nSPS) is 20.4. The Bertz CT molecular complexity index is 746. The molecule has 2 aliphatic heterocycles. The Kier molecular flexibility index (Phi) is 4.84. The third-order valence-electron chi connectivity index (χ3n) is 5.12. The molecule has 0 spiro atoms. The first-order valence-electron chi connectivity index (χ1n) is 9.27. The molecule has 1 atom stereocenters. The van der Waals surface area contributed by atoms with Crippen LogP contribution in [0.4, 0.5) is 5.82 Å². The van der Waals surface area contributed by atoms with Gasteiger partial charge in [-0.2, -0.15) is 0 Å². The minimum Gasteiger partial charge on any atom is -0.368 e. The van der Waals surface area contributed by atoms with E-state index >= 15 is 0 Å². The first-order chi connectivity index (χ1) is 12.7. The van der Waals surface area contributed by atoms with Crippen LogP contribution in [0.25, 0.3) is 11.3 Å². The number of benzene rings is 1. The van der Waals surface area contributed by atoms with Crippen molar-refractivity contribution in [3.63, 3.8) is 0 Å². The topological polar surface area (TPSA) is 58.6 Å². The molecule has 0 aliphatic carbocycles. The summed E-state index contributed by atoms with van der Waals surface area (Å²) in [5, 5.41) is 8.78. The van der Waals surface area contributed by atoms with Gasteiger partial charge in [0.05, 0.1) is 5.69 Å². The predicted molar refractivity (Wildman–Crippen MR) is 100.0 cm³/mol. The Labute approximate surface area is 153 Å². The second kappa shape index (κ2) is 7.41. The van der Waals surface area contributed by atoms with Crippen molar-refractivity contribution in [1.29, 1.82) is 0 Å². The van der Waals surface area contributed by atoms with Gasteiger partial charge in [-0.15, -0.1) is 10.2 Å². The van der Waals surface area contributed by atoms with Gasteiger partial charge < -0.3 is 14.5 Å². The summed E-state index contributed by atoms with van der Waals surface area (Å²) in [4.78, 5) is 16.5. The van der Waals surface area contributed by atoms with Gasteiger partial charge in [-0.25, -0.2) is 0 Å². The molecule has 136 valence electrons. The molecule has 26 heavy (non-hydrogen) atoms. The average molecular weight is 352 g/mol. The van der Waals surface area contributed by atoms with Gasteiger partial charge in [-0.05, 0) is 31.9 Å². The Balaban J connectivity index is 1.37. The molecular weight excluding hydrogens is 328 g/mol. The minimum absolute atomic E-state index is 0.142. The van der Waals surface area contributed by atoms with Crippen molar-refractivity contribution in [2.24, 2.45) is 0 Å². The number of nitrogens with zero attached hydrogens (tertiary/aromatic N) is 4. The molecular formula is C20H24N4O2. The number of ether oxygens (including phenoxy) is 1. The third kappa shape index (κ3) is 3.55. The lowest BCUT2D eigenvalue weighted by molar-refractivity contribution is -0.141. The van der Waals surface area contributed by atoms with E-state index in [2.05, 4.69) is 46.3 Å². The molecule has 0 N–H and O–H groups in total. The predicted octanol–water partition coefficient (Wildman–Crippen LogP) is 2.28. The van der Waals surface area contributed by atoms with Crippen LogP contribution in [-0.4, -0.2) is 59.9 Å². The van der Waals surface area contributed by atoms with Crippen molar-refractivity contribution < 1.29 is 9.53 Å². The van der Waals surface area contributed by atoms with Gasteiger partial charge in [0.25, 0.3) is 5.91 Å². The Hall–Kier alpha value is -2.47. The molecule has 0 radical (unpaired) electrons. The minimum atomic E-state index is -0.227. The van der Waals surface area contributed by atoms with Crippen LogP contribution in [0.2, 0.25) is 0 Å². The van der Waals surface area contributed by atoms with E-state index in [9.17, 15) is 4.79 Å². The van der Waals surface area contributed by atoms with Crippen molar-refractivity contribution in [3.8, 4) is 11.3 Å². The lowest BCUT2D eigenvalue weighted by Gasteiger charge is -2.36. The number of piperazine rings is 1. The first kappa shape index (κ1) is 17.0. The van der Waals surface area contributed by atoms with Crippen LogP contribution in [0.3, 0.4) is 0 Å². The highest BCUT2D eigenvalue weighted by molar-refractivity contribution is 5.81. The second-order valence-electron chi connectivity index (χ2n) is 6.96. The number of anilines is 1. The smallest absolute Gasteiger partial charge is 0.251 e. The number of carbonyl (C=O) groups is 1. The molecule has 0 saturated carbocycles. The zero-order valence-electron chi connectivity index (χ0n) is 15.1. The number of hydrogen-bond acceptors (Lipinski definition) is 5. The molecule has 6 nitrogen and oxygen atoms in total. The molecule has 1 aromatic heterocycles. The van der Waals surface area contributed by atoms with Gasteiger partial charge >= 0.3 is 0 Å². The summed E-state index contributed by atoms with van der Waals surface area (Å²) >= 11 is 0. The summed E-state index contributed by atoms with van der Waals surface area (Å²) in [6, 6.07) is 12.3. The number of rotatable bonds is 3. The van der Waals surface area contributed by atoms with Gasteiger partial charge in [0.1, 0.15) is 6.10 Å². The zero-order valence-corrected chi connectivity index (χ0v) is 15.1. The van der Waals surface area contributed by atoms with Gasteiger partial charge in [0.2, 0.25) is 0 Å². The maximum Gasteiger partial charge on any atom is 0.251 e. The molecule has 2 fully saturated rings. The lowest BCUT2D eigenvalue weighted by atomic mass is 10.1. The zero-order chi connectivity index (χ0) is 17.9. The molecule has 1 amide bonds. The fraction of sp³-hybridized carbons (Fsp3) is 0.450. The van der Waals surface area contributed by atoms with Crippen LogP contribution >= 0.6 is 0 Å². The van der Waals surface area contributed by atoms with Gasteiger partial charge in [0, 0.05) is 38.3 Å².